The Bertz CT molecular complexity index is 1370. The topological polar surface area (TPSA) is 120 Å². The number of nitrogen functional groups attached to an aromatic ring is 1. The molecule has 1 fully saturated rings. The molecule has 1 aromatic carbocycles. The molecule has 0 radical (unpaired) electrons. The van der Waals surface area contributed by atoms with Crippen molar-refractivity contribution < 1.29 is 5.11 Å². The van der Waals surface area contributed by atoms with Crippen molar-refractivity contribution in [1.82, 2.24) is 29.5 Å². The van der Waals surface area contributed by atoms with Crippen LogP contribution < -0.4 is 11.1 Å². The average Bonchev–Trinajstić information content (AvgIpc) is 3.49. The molecule has 5 rings (SSSR count). The van der Waals surface area contributed by atoms with E-state index in [1.807, 2.05) is 44.2 Å². The van der Waals surface area contributed by atoms with E-state index in [0.717, 1.165) is 51.8 Å². The first-order chi connectivity index (χ1) is 16.6. The van der Waals surface area contributed by atoms with Crippen LogP contribution in [0.25, 0.3) is 17.1 Å². The molecule has 0 unspecified atom stereocenters. The summed E-state index contributed by atoms with van der Waals surface area (Å²) in [5.74, 6) is 2.85. The molecule has 4 aromatic rings. The Morgan fingerprint density at radius 2 is 1.80 bits per heavy atom. The van der Waals surface area contributed by atoms with Gasteiger partial charge in [-0.2, -0.15) is 10.2 Å². The first kappa shape index (κ1) is 23.0. The number of anilines is 3. The molecule has 0 spiro atoms. The highest BCUT2D eigenvalue weighted by atomic mass is 16.3. The van der Waals surface area contributed by atoms with Gasteiger partial charge in [-0.3, -0.25) is 0 Å². The number of rotatable bonds is 7. The van der Waals surface area contributed by atoms with Crippen molar-refractivity contribution in [2.45, 2.75) is 59.6 Å². The van der Waals surface area contributed by atoms with Crippen molar-refractivity contribution in [3.05, 3.63) is 59.2 Å². The number of hydrogen-bond acceptors (Lipinski definition) is 7. The molecule has 0 saturated heterocycles. The van der Waals surface area contributed by atoms with Gasteiger partial charge in [0.15, 0.2) is 5.82 Å². The fourth-order valence-electron chi connectivity index (χ4n) is 4.71. The van der Waals surface area contributed by atoms with Crippen LogP contribution in [0.3, 0.4) is 0 Å². The molecule has 182 valence electrons. The van der Waals surface area contributed by atoms with E-state index in [4.69, 9.17) is 10.8 Å². The number of aromatic nitrogens is 6. The molecule has 35 heavy (non-hydrogen) atoms. The summed E-state index contributed by atoms with van der Waals surface area (Å²) >= 11 is 0. The molecule has 4 N–H and O–H groups in total. The van der Waals surface area contributed by atoms with Crippen molar-refractivity contribution in [3.8, 4) is 17.1 Å². The van der Waals surface area contributed by atoms with Crippen LogP contribution >= 0.6 is 0 Å². The third-order valence-corrected chi connectivity index (χ3v) is 6.52. The zero-order valence-corrected chi connectivity index (χ0v) is 20.9. The van der Waals surface area contributed by atoms with Crippen molar-refractivity contribution in [2.24, 2.45) is 5.92 Å². The Morgan fingerprint density at radius 3 is 2.43 bits per heavy atom. The lowest BCUT2D eigenvalue weighted by Crippen LogP contribution is -2.18. The van der Waals surface area contributed by atoms with Crippen molar-refractivity contribution >= 4 is 17.3 Å². The zero-order chi connectivity index (χ0) is 24.9. The summed E-state index contributed by atoms with van der Waals surface area (Å²) in [6, 6.07) is 9.66. The van der Waals surface area contributed by atoms with Crippen LogP contribution in [0.4, 0.5) is 17.3 Å². The zero-order valence-electron chi connectivity index (χ0n) is 20.9. The minimum atomic E-state index is -0.995. The van der Waals surface area contributed by atoms with Crippen LogP contribution in [0, 0.1) is 26.7 Å². The highest BCUT2D eigenvalue weighted by Gasteiger charge is 2.27. The maximum absolute atomic E-state index is 10.6. The quantitative estimate of drug-likeness (QED) is 0.341. The number of nitrogens with zero attached hydrogens (tertiary/aromatic N) is 6. The minimum Gasteiger partial charge on any atom is -0.399 e. The molecule has 0 aliphatic heterocycles. The first-order valence-corrected chi connectivity index (χ1v) is 11.9. The Labute approximate surface area is 205 Å². The smallest absolute Gasteiger partial charge is 0.159 e. The van der Waals surface area contributed by atoms with Crippen LogP contribution in [0.1, 0.15) is 49.2 Å². The first-order valence-electron chi connectivity index (χ1n) is 11.9. The van der Waals surface area contributed by atoms with Crippen molar-refractivity contribution in [2.75, 3.05) is 11.1 Å². The standard InChI is InChI=1S/C26H32N8O/c1-15-24(19-8-10-20(27)11-9-19)32-33(13-18-6-7-18)25(15)30-21-12-22(29-14-28-21)34-17(3)23(16(2)31-34)26(4,5)35/h8-12,14,18,35H,6-7,13,27H2,1-5H3,(H,28,29,30). The Kier molecular flexibility index (Phi) is 5.59. The summed E-state index contributed by atoms with van der Waals surface area (Å²) in [5, 5.41) is 23.7. The SMILES string of the molecule is Cc1nn(-c2cc(Nc3c(C)c(-c4ccc(N)cc4)nn3CC3CC3)ncn2)c(C)c1C(C)(C)O. The average molecular weight is 473 g/mol. The molecule has 1 aliphatic rings. The molecule has 3 aromatic heterocycles. The third kappa shape index (κ3) is 4.51. The second-order valence-electron chi connectivity index (χ2n) is 9.97. The summed E-state index contributed by atoms with van der Waals surface area (Å²) in [6.07, 6.45) is 3.99. The largest absolute Gasteiger partial charge is 0.399 e. The van der Waals surface area contributed by atoms with E-state index in [-0.39, 0.29) is 0 Å². The molecule has 0 atom stereocenters. The van der Waals surface area contributed by atoms with E-state index in [0.29, 0.717) is 17.6 Å². The number of aliphatic hydroxyl groups is 1. The third-order valence-electron chi connectivity index (χ3n) is 6.52. The molecule has 3 heterocycles. The monoisotopic (exact) mass is 472 g/mol. The fourth-order valence-corrected chi connectivity index (χ4v) is 4.71. The van der Waals surface area contributed by atoms with Gasteiger partial charge in [0.1, 0.15) is 18.0 Å². The van der Waals surface area contributed by atoms with Crippen molar-refractivity contribution in [1.29, 1.82) is 0 Å². The van der Waals surface area contributed by atoms with Crippen LogP contribution in [0.15, 0.2) is 36.7 Å². The Hall–Kier alpha value is -3.72. The summed E-state index contributed by atoms with van der Waals surface area (Å²) in [6.45, 7) is 10.3. The molecule has 9 heteroatoms. The van der Waals surface area contributed by atoms with Gasteiger partial charge in [0, 0.05) is 40.7 Å². The second kappa shape index (κ2) is 8.49. The van der Waals surface area contributed by atoms with Gasteiger partial charge in [-0.25, -0.2) is 19.3 Å². The van der Waals surface area contributed by atoms with E-state index in [9.17, 15) is 5.11 Å². The molecular weight excluding hydrogens is 440 g/mol. The van der Waals surface area contributed by atoms with Gasteiger partial charge < -0.3 is 16.2 Å². The van der Waals surface area contributed by atoms with Gasteiger partial charge in [-0.15, -0.1) is 0 Å². The summed E-state index contributed by atoms with van der Waals surface area (Å²) in [5.41, 5.74) is 11.0. The van der Waals surface area contributed by atoms with Crippen LogP contribution in [-0.4, -0.2) is 34.6 Å². The Balaban J connectivity index is 1.51. The molecule has 9 nitrogen and oxygen atoms in total. The van der Waals surface area contributed by atoms with E-state index < -0.39 is 5.60 Å². The van der Waals surface area contributed by atoms with Gasteiger partial charge in [-0.1, -0.05) is 12.1 Å². The normalized spacial score (nSPS) is 13.9. The molecule has 1 saturated carbocycles. The van der Waals surface area contributed by atoms with Crippen molar-refractivity contribution in [3.63, 3.8) is 0 Å². The maximum atomic E-state index is 10.6. The molecule has 0 amide bonds. The Morgan fingerprint density at radius 1 is 1.09 bits per heavy atom. The lowest BCUT2D eigenvalue weighted by atomic mass is 9.96. The predicted molar refractivity (Wildman–Crippen MR) is 137 cm³/mol. The van der Waals surface area contributed by atoms with Gasteiger partial charge >= 0.3 is 0 Å². The highest BCUT2D eigenvalue weighted by Crippen LogP contribution is 2.36. The van der Waals surface area contributed by atoms with E-state index in [1.54, 1.807) is 18.5 Å². The van der Waals surface area contributed by atoms with E-state index in [2.05, 4.69) is 32.0 Å². The molecule has 0 bridgehead atoms. The summed E-state index contributed by atoms with van der Waals surface area (Å²) in [7, 11) is 0. The minimum absolute atomic E-state index is 0.628. The van der Waals surface area contributed by atoms with Crippen LogP contribution in [-0.2, 0) is 12.1 Å². The van der Waals surface area contributed by atoms with Gasteiger partial charge in [0.05, 0.1) is 17.0 Å². The van der Waals surface area contributed by atoms with Crippen LogP contribution in [0.2, 0.25) is 0 Å². The second-order valence-corrected chi connectivity index (χ2v) is 9.97. The lowest BCUT2D eigenvalue weighted by molar-refractivity contribution is 0.0772. The molecule has 1 aliphatic carbocycles. The molecular formula is C26H32N8O. The highest BCUT2D eigenvalue weighted by molar-refractivity contribution is 5.72. The van der Waals surface area contributed by atoms with E-state index >= 15 is 0 Å². The predicted octanol–water partition coefficient (Wildman–Crippen LogP) is 4.41. The maximum Gasteiger partial charge on any atom is 0.159 e. The number of nitrogens with two attached hydrogens (primary N) is 1. The number of hydrogen-bond donors (Lipinski definition) is 3. The summed E-state index contributed by atoms with van der Waals surface area (Å²) in [4.78, 5) is 8.91. The van der Waals surface area contributed by atoms with Crippen LogP contribution in [0.5, 0.6) is 0 Å². The summed E-state index contributed by atoms with van der Waals surface area (Å²) < 4.78 is 3.81. The fraction of sp³-hybridized carbons (Fsp3) is 0.385. The lowest BCUT2D eigenvalue weighted by Gasteiger charge is -2.18. The number of benzene rings is 1. The van der Waals surface area contributed by atoms with Gasteiger partial charge in [0.25, 0.3) is 0 Å². The van der Waals surface area contributed by atoms with E-state index in [1.165, 1.54) is 19.2 Å². The van der Waals surface area contributed by atoms with Gasteiger partial charge in [0.2, 0.25) is 0 Å². The van der Waals surface area contributed by atoms with Gasteiger partial charge in [-0.05, 0) is 65.5 Å². The number of nitrogens with one attached hydrogen (secondary N) is 1. The number of aryl methyl sites for hydroxylation is 1.